The Balaban J connectivity index is 1.89. The Hall–Kier alpha value is -0.820. The topological polar surface area (TPSA) is 26.0 Å². The maximum absolute atomic E-state index is 6.10. The summed E-state index contributed by atoms with van der Waals surface area (Å²) in [6.45, 7) is 0. The van der Waals surface area contributed by atoms with E-state index in [1.807, 2.05) is 0 Å². The number of fused-ring (bicyclic) bond motifs is 2. The lowest BCUT2D eigenvalue weighted by atomic mass is 9.73. The van der Waals surface area contributed by atoms with Gasteiger partial charge < -0.3 is 5.73 Å². The normalized spacial score (nSPS) is 39.3. The molecule has 0 radical (unpaired) electrons. The highest BCUT2D eigenvalue weighted by Gasteiger charge is 2.42. The van der Waals surface area contributed by atoms with Crippen LogP contribution in [-0.2, 0) is 0 Å². The van der Waals surface area contributed by atoms with Gasteiger partial charge in [-0.1, -0.05) is 30.3 Å². The second kappa shape index (κ2) is 3.64. The molecule has 15 heavy (non-hydrogen) atoms. The molecule has 1 aromatic rings. The minimum Gasteiger partial charge on any atom is -0.328 e. The van der Waals surface area contributed by atoms with E-state index in [0.29, 0.717) is 6.04 Å². The van der Waals surface area contributed by atoms with E-state index in [9.17, 15) is 0 Å². The third kappa shape index (κ3) is 1.59. The summed E-state index contributed by atoms with van der Waals surface area (Å²) in [6, 6.07) is 11.5. The van der Waals surface area contributed by atoms with Crippen LogP contribution in [0.2, 0.25) is 0 Å². The molecule has 80 valence electrons. The predicted octanol–water partition coefficient (Wildman–Crippen LogP) is 2.92. The van der Waals surface area contributed by atoms with Crippen LogP contribution in [0.3, 0.4) is 0 Å². The zero-order valence-electron chi connectivity index (χ0n) is 9.10. The molecule has 2 unspecified atom stereocenters. The first-order chi connectivity index (χ1) is 7.34. The zero-order valence-corrected chi connectivity index (χ0v) is 9.10. The molecule has 2 N–H and O–H groups in total. The summed E-state index contributed by atoms with van der Waals surface area (Å²) >= 11 is 0. The second-order valence-corrected chi connectivity index (χ2v) is 5.27. The van der Waals surface area contributed by atoms with Crippen molar-refractivity contribution in [1.82, 2.24) is 0 Å². The van der Waals surface area contributed by atoms with E-state index in [1.165, 1.54) is 25.7 Å². The fourth-order valence-corrected chi connectivity index (χ4v) is 3.79. The van der Waals surface area contributed by atoms with Crippen LogP contribution in [0.15, 0.2) is 30.3 Å². The average molecular weight is 201 g/mol. The Kier molecular flexibility index (Phi) is 2.28. The van der Waals surface area contributed by atoms with Crippen molar-refractivity contribution in [3.63, 3.8) is 0 Å². The quantitative estimate of drug-likeness (QED) is 0.742. The number of rotatable bonds is 1. The van der Waals surface area contributed by atoms with Crippen LogP contribution in [0.4, 0.5) is 0 Å². The van der Waals surface area contributed by atoms with Crippen molar-refractivity contribution in [2.45, 2.75) is 37.6 Å². The molecule has 0 aromatic heterocycles. The predicted molar refractivity (Wildman–Crippen MR) is 62.6 cm³/mol. The summed E-state index contributed by atoms with van der Waals surface area (Å²) < 4.78 is 0. The summed E-state index contributed by atoms with van der Waals surface area (Å²) in [5.74, 6) is 2.54. The number of nitrogens with two attached hydrogens (primary N) is 1. The standard InChI is InChI=1S/C14H19N/c15-13-8-11-6-7-12(9-13)14(11)10-4-2-1-3-5-10/h1-5,11-14H,6-9,15H2. The molecule has 0 spiro atoms. The minimum absolute atomic E-state index is 0.475. The first-order valence-corrected chi connectivity index (χ1v) is 6.15. The maximum atomic E-state index is 6.10. The van der Waals surface area contributed by atoms with Gasteiger partial charge in [-0.2, -0.15) is 0 Å². The molecule has 0 saturated heterocycles. The van der Waals surface area contributed by atoms with Crippen molar-refractivity contribution in [2.75, 3.05) is 0 Å². The third-order valence-corrected chi connectivity index (χ3v) is 4.32. The summed E-state index contributed by atoms with van der Waals surface area (Å²) in [4.78, 5) is 0. The van der Waals surface area contributed by atoms with Gasteiger partial charge in [0.25, 0.3) is 0 Å². The fraction of sp³-hybridized carbons (Fsp3) is 0.571. The van der Waals surface area contributed by atoms with E-state index >= 15 is 0 Å². The van der Waals surface area contributed by atoms with E-state index in [2.05, 4.69) is 30.3 Å². The molecule has 1 aromatic carbocycles. The van der Waals surface area contributed by atoms with Crippen LogP contribution in [-0.4, -0.2) is 6.04 Å². The number of benzene rings is 1. The smallest absolute Gasteiger partial charge is 0.00445 e. The van der Waals surface area contributed by atoms with Crippen LogP contribution in [0.1, 0.15) is 37.2 Å². The van der Waals surface area contributed by atoms with Crippen molar-refractivity contribution in [3.8, 4) is 0 Å². The first-order valence-electron chi connectivity index (χ1n) is 6.15. The zero-order chi connectivity index (χ0) is 10.3. The van der Waals surface area contributed by atoms with Gasteiger partial charge in [0.2, 0.25) is 0 Å². The average Bonchev–Trinajstić information content (AvgIpc) is 2.53. The Morgan fingerprint density at radius 2 is 1.53 bits per heavy atom. The summed E-state index contributed by atoms with van der Waals surface area (Å²) in [6.07, 6.45) is 5.29. The Morgan fingerprint density at radius 3 is 2.13 bits per heavy atom. The van der Waals surface area contributed by atoms with Gasteiger partial charge in [-0.3, -0.25) is 0 Å². The Morgan fingerprint density at radius 1 is 0.933 bits per heavy atom. The molecule has 1 nitrogen and oxygen atoms in total. The van der Waals surface area contributed by atoms with E-state index in [4.69, 9.17) is 5.73 Å². The molecule has 2 aliphatic rings. The van der Waals surface area contributed by atoms with Crippen molar-refractivity contribution in [1.29, 1.82) is 0 Å². The van der Waals surface area contributed by atoms with Gasteiger partial charge in [-0.15, -0.1) is 0 Å². The fourth-order valence-electron chi connectivity index (χ4n) is 3.79. The second-order valence-electron chi connectivity index (χ2n) is 5.27. The molecule has 2 saturated carbocycles. The van der Waals surface area contributed by atoms with Crippen LogP contribution in [0.5, 0.6) is 0 Å². The van der Waals surface area contributed by atoms with Crippen LogP contribution in [0, 0.1) is 11.8 Å². The monoisotopic (exact) mass is 201 g/mol. The molecule has 2 aliphatic carbocycles. The van der Waals surface area contributed by atoms with E-state index in [-0.39, 0.29) is 0 Å². The maximum Gasteiger partial charge on any atom is 0.00445 e. The summed E-state index contributed by atoms with van der Waals surface area (Å²) in [7, 11) is 0. The molecule has 3 rings (SSSR count). The lowest BCUT2D eigenvalue weighted by Crippen LogP contribution is -2.33. The van der Waals surface area contributed by atoms with Crippen molar-refractivity contribution in [3.05, 3.63) is 35.9 Å². The highest BCUT2D eigenvalue weighted by atomic mass is 14.7. The van der Waals surface area contributed by atoms with Crippen LogP contribution < -0.4 is 5.73 Å². The minimum atomic E-state index is 0.475. The molecule has 2 atom stereocenters. The highest BCUT2D eigenvalue weighted by Crippen LogP contribution is 2.51. The highest BCUT2D eigenvalue weighted by molar-refractivity contribution is 5.23. The van der Waals surface area contributed by atoms with Crippen molar-refractivity contribution >= 4 is 0 Å². The van der Waals surface area contributed by atoms with E-state index < -0.39 is 0 Å². The third-order valence-electron chi connectivity index (χ3n) is 4.32. The molecule has 2 fully saturated rings. The van der Waals surface area contributed by atoms with Gasteiger partial charge in [0, 0.05) is 6.04 Å². The Bertz CT molecular complexity index is 318. The van der Waals surface area contributed by atoms with E-state index in [0.717, 1.165) is 17.8 Å². The molecular weight excluding hydrogens is 182 g/mol. The molecule has 0 aliphatic heterocycles. The summed E-state index contributed by atoms with van der Waals surface area (Å²) in [5.41, 5.74) is 7.65. The lowest BCUT2D eigenvalue weighted by molar-refractivity contribution is 0.273. The SMILES string of the molecule is NC1CC2CCC(C1)C2c1ccccc1. The van der Waals surface area contributed by atoms with Gasteiger partial charge in [0.1, 0.15) is 0 Å². The van der Waals surface area contributed by atoms with E-state index in [1.54, 1.807) is 5.56 Å². The molecule has 0 heterocycles. The van der Waals surface area contributed by atoms with Gasteiger partial charge in [-0.25, -0.2) is 0 Å². The van der Waals surface area contributed by atoms with Gasteiger partial charge in [-0.05, 0) is 49.0 Å². The molecular formula is C14H19N. The number of hydrogen-bond acceptors (Lipinski definition) is 1. The largest absolute Gasteiger partial charge is 0.328 e. The van der Waals surface area contributed by atoms with Gasteiger partial charge in [0.05, 0.1) is 0 Å². The number of hydrogen-bond donors (Lipinski definition) is 1. The molecule has 1 heteroatoms. The van der Waals surface area contributed by atoms with Crippen LogP contribution in [0.25, 0.3) is 0 Å². The molecule has 2 bridgehead atoms. The summed E-state index contributed by atoms with van der Waals surface area (Å²) in [5, 5.41) is 0. The van der Waals surface area contributed by atoms with Gasteiger partial charge >= 0.3 is 0 Å². The Labute approximate surface area is 91.7 Å². The molecule has 0 amide bonds. The lowest BCUT2D eigenvalue weighted by Gasteiger charge is -2.34. The van der Waals surface area contributed by atoms with Gasteiger partial charge in [0.15, 0.2) is 0 Å². The van der Waals surface area contributed by atoms with Crippen molar-refractivity contribution in [2.24, 2.45) is 17.6 Å². The van der Waals surface area contributed by atoms with Crippen molar-refractivity contribution < 1.29 is 0 Å². The first kappa shape index (κ1) is 9.41. The van der Waals surface area contributed by atoms with Crippen LogP contribution >= 0.6 is 0 Å².